The van der Waals surface area contributed by atoms with E-state index in [2.05, 4.69) is 53.6 Å². The molecule has 0 radical (unpaired) electrons. The van der Waals surface area contributed by atoms with Gasteiger partial charge in [0, 0.05) is 31.9 Å². The van der Waals surface area contributed by atoms with Crippen LogP contribution in [0.2, 0.25) is 0 Å². The van der Waals surface area contributed by atoms with Gasteiger partial charge in [-0.3, -0.25) is 9.67 Å². The van der Waals surface area contributed by atoms with Crippen LogP contribution in [-0.2, 0) is 7.05 Å². The zero-order valence-corrected chi connectivity index (χ0v) is 17.4. The maximum absolute atomic E-state index is 10.8. The molecule has 0 aliphatic rings. The summed E-state index contributed by atoms with van der Waals surface area (Å²) in [5.74, 6) is 0.744. The van der Waals surface area contributed by atoms with Crippen molar-refractivity contribution in [2.75, 3.05) is 33.7 Å². The number of likely N-dealkylation sites (N-methyl/N-ethyl adjacent to an activating group) is 1. The van der Waals surface area contributed by atoms with Crippen molar-refractivity contribution in [3.05, 3.63) is 18.0 Å². The average Bonchev–Trinajstić information content (AvgIpc) is 2.99. The molecule has 0 aromatic carbocycles. The quantitative estimate of drug-likeness (QED) is 0.412. The van der Waals surface area contributed by atoms with Gasteiger partial charge in [0.05, 0.1) is 24.4 Å². The van der Waals surface area contributed by atoms with E-state index in [1.165, 1.54) is 0 Å². The Morgan fingerprint density at radius 3 is 2.38 bits per heavy atom. The molecule has 26 heavy (non-hydrogen) atoms. The minimum absolute atomic E-state index is 0.192. The van der Waals surface area contributed by atoms with Crippen LogP contribution in [0.4, 0.5) is 0 Å². The van der Waals surface area contributed by atoms with Crippen LogP contribution in [0.25, 0.3) is 0 Å². The third-order valence-corrected chi connectivity index (χ3v) is 4.50. The Balaban J connectivity index is 2.78. The number of aromatic nitrogens is 2. The zero-order valence-electron chi connectivity index (χ0n) is 17.4. The van der Waals surface area contributed by atoms with E-state index in [-0.39, 0.29) is 6.04 Å². The molecule has 7 nitrogen and oxygen atoms in total. The summed E-state index contributed by atoms with van der Waals surface area (Å²) in [5, 5.41) is 21.8. The van der Waals surface area contributed by atoms with E-state index in [1.54, 1.807) is 0 Å². The summed E-state index contributed by atoms with van der Waals surface area (Å²) >= 11 is 0. The van der Waals surface area contributed by atoms with Gasteiger partial charge in [-0.1, -0.05) is 26.7 Å². The number of aliphatic hydroxyl groups is 1. The first-order chi connectivity index (χ1) is 12.3. The van der Waals surface area contributed by atoms with Crippen LogP contribution in [0.15, 0.2) is 17.4 Å². The lowest BCUT2D eigenvalue weighted by molar-refractivity contribution is 0.0306. The summed E-state index contributed by atoms with van der Waals surface area (Å²) in [7, 11) is 6.05. The van der Waals surface area contributed by atoms with E-state index in [9.17, 15) is 5.11 Å². The molecular formula is C19H38N6O. The van der Waals surface area contributed by atoms with Crippen molar-refractivity contribution in [3.63, 3.8) is 0 Å². The minimum atomic E-state index is -0.712. The number of hydrogen-bond acceptors (Lipinski definition) is 4. The summed E-state index contributed by atoms with van der Waals surface area (Å²) in [6, 6.07) is 0.192. The standard InChI is InChI=1S/C19H38N6O/c1-7-10-19(26,11-8-2)15-22-18(20-9-3)21-13-17(24(4)5)16-12-23-25(6)14-16/h12,14,17,26H,7-11,13,15H2,1-6H3,(H2,20,21,22). The van der Waals surface area contributed by atoms with Crippen molar-refractivity contribution in [3.8, 4) is 0 Å². The molecule has 150 valence electrons. The summed E-state index contributed by atoms with van der Waals surface area (Å²) in [6.45, 7) is 8.16. The van der Waals surface area contributed by atoms with Gasteiger partial charge in [0.25, 0.3) is 0 Å². The van der Waals surface area contributed by atoms with Crippen LogP contribution in [0.3, 0.4) is 0 Å². The maximum atomic E-state index is 10.8. The van der Waals surface area contributed by atoms with E-state index in [4.69, 9.17) is 0 Å². The fourth-order valence-corrected chi connectivity index (χ4v) is 3.19. The highest BCUT2D eigenvalue weighted by Crippen LogP contribution is 2.20. The van der Waals surface area contributed by atoms with Gasteiger partial charge in [-0.05, 0) is 33.9 Å². The number of aliphatic imine (C=N–C) groups is 1. The lowest BCUT2D eigenvalue weighted by Crippen LogP contribution is -2.43. The number of nitrogens with zero attached hydrogens (tertiary/aromatic N) is 4. The second kappa shape index (κ2) is 11.2. The third-order valence-electron chi connectivity index (χ3n) is 4.50. The van der Waals surface area contributed by atoms with Crippen molar-refractivity contribution in [2.24, 2.45) is 12.0 Å². The first kappa shape index (κ1) is 22.4. The van der Waals surface area contributed by atoms with Crippen molar-refractivity contribution >= 4 is 5.96 Å². The third kappa shape index (κ3) is 7.33. The van der Waals surface area contributed by atoms with Crippen LogP contribution in [0, 0.1) is 0 Å². The van der Waals surface area contributed by atoms with Crippen LogP contribution >= 0.6 is 0 Å². The predicted octanol–water partition coefficient (Wildman–Crippen LogP) is 1.91. The molecule has 1 aromatic heterocycles. The van der Waals surface area contributed by atoms with Crippen LogP contribution in [-0.4, -0.2) is 65.1 Å². The van der Waals surface area contributed by atoms with E-state index < -0.39 is 5.60 Å². The molecule has 1 unspecified atom stereocenters. The highest BCUT2D eigenvalue weighted by molar-refractivity contribution is 5.79. The molecule has 1 heterocycles. The molecule has 0 fully saturated rings. The first-order valence-electron chi connectivity index (χ1n) is 9.74. The smallest absolute Gasteiger partial charge is 0.191 e. The highest BCUT2D eigenvalue weighted by Gasteiger charge is 2.24. The van der Waals surface area contributed by atoms with Gasteiger partial charge >= 0.3 is 0 Å². The topological polar surface area (TPSA) is 77.7 Å². The number of guanidine groups is 1. The molecule has 1 rings (SSSR count). The molecule has 0 bridgehead atoms. The lowest BCUT2D eigenvalue weighted by Gasteiger charge is -2.27. The summed E-state index contributed by atoms with van der Waals surface area (Å²) in [6.07, 6.45) is 7.41. The predicted molar refractivity (Wildman–Crippen MR) is 108 cm³/mol. The van der Waals surface area contributed by atoms with Gasteiger partial charge < -0.3 is 20.6 Å². The lowest BCUT2D eigenvalue weighted by atomic mass is 9.93. The van der Waals surface area contributed by atoms with Gasteiger partial charge in [-0.25, -0.2) is 0 Å². The molecule has 7 heteroatoms. The van der Waals surface area contributed by atoms with Crippen molar-refractivity contribution in [1.82, 2.24) is 25.3 Å². The van der Waals surface area contributed by atoms with Crippen LogP contribution in [0.1, 0.15) is 58.1 Å². The fourth-order valence-electron chi connectivity index (χ4n) is 3.19. The summed E-state index contributed by atoms with van der Waals surface area (Å²) in [4.78, 5) is 6.82. The minimum Gasteiger partial charge on any atom is -0.388 e. The van der Waals surface area contributed by atoms with Gasteiger partial charge in [-0.15, -0.1) is 0 Å². The largest absolute Gasteiger partial charge is 0.388 e. The molecule has 3 N–H and O–H groups in total. The zero-order chi connectivity index (χ0) is 19.6. The van der Waals surface area contributed by atoms with Crippen molar-refractivity contribution in [2.45, 2.75) is 58.1 Å². The van der Waals surface area contributed by atoms with Gasteiger partial charge in [0.1, 0.15) is 0 Å². The average molecular weight is 367 g/mol. The monoisotopic (exact) mass is 366 g/mol. The molecule has 1 atom stereocenters. The Hall–Kier alpha value is -1.60. The van der Waals surface area contributed by atoms with Gasteiger partial charge in [0.15, 0.2) is 5.96 Å². The fraction of sp³-hybridized carbons (Fsp3) is 0.789. The van der Waals surface area contributed by atoms with Crippen molar-refractivity contribution in [1.29, 1.82) is 0 Å². The summed E-state index contributed by atoms with van der Waals surface area (Å²) in [5.41, 5.74) is 0.449. The number of aryl methyl sites for hydroxylation is 1. The molecule has 1 aromatic rings. The van der Waals surface area contributed by atoms with Gasteiger partial charge in [0.2, 0.25) is 0 Å². The summed E-state index contributed by atoms with van der Waals surface area (Å²) < 4.78 is 1.82. The normalized spacial score (nSPS) is 13.9. The number of nitrogens with one attached hydrogen (secondary N) is 2. The molecule has 0 saturated carbocycles. The van der Waals surface area contributed by atoms with Crippen LogP contribution < -0.4 is 10.6 Å². The van der Waals surface area contributed by atoms with E-state index in [0.717, 1.165) is 43.8 Å². The Bertz CT molecular complexity index is 534. The molecule has 0 saturated heterocycles. The van der Waals surface area contributed by atoms with Gasteiger partial charge in [-0.2, -0.15) is 5.10 Å². The molecule has 0 aliphatic carbocycles. The van der Waals surface area contributed by atoms with E-state index in [1.807, 2.05) is 31.0 Å². The van der Waals surface area contributed by atoms with E-state index in [0.29, 0.717) is 13.1 Å². The second-order valence-corrected chi connectivity index (χ2v) is 7.23. The highest BCUT2D eigenvalue weighted by atomic mass is 16.3. The molecule has 0 spiro atoms. The SMILES string of the molecule is CCCC(O)(CCC)CN=C(NCC)NCC(c1cnn(C)c1)N(C)C. The first-order valence-corrected chi connectivity index (χ1v) is 9.74. The Morgan fingerprint density at radius 1 is 1.27 bits per heavy atom. The van der Waals surface area contributed by atoms with Crippen LogP contribution in [0.5, 0.6) is 0 Å². The number of hydrogen-bond donors (Lipinski definition) is 3. The second-order valence-electron chi connectivity index (χ2n) is 7.23. The maximum Gasteiger partial charge on any atom is 0.191 e. The van der Waals surface area contributed by atoms with Crippen molar-refractivity contribution < 1.29 is 5.11 Å². The molecule has 0 aliphatic heterocycles. The number of rotatable bonds is 11. The van der Waals surface area contributed by atoms with E-state index >= 15 is 0 Å². The Kier molecular flexibility index (Phi) is 9.65. The Morgan fingerprint density at radius 2 is 1.92 bits per heavy atom. The molecular weight excluding hydrogens is 328 g/mol. The molecule has 0 amide bonds. The Labute approximate surface area is 158 Å².